The maximum atomic E-state index is 13.3. The Morgan fingerprint density at radius 3 is 2.00 bits per heavy atom. The molecule has 12 heteroatoms. The van der Waals surface area contributed by atoms with Crippen molar-refractivity contribution in [2.75, 3.05) is 32.8 Å². The summed E-state index contributed by atoms with van der Waals surface area (Å²) in [7, 11) is 0. The monoisotopic (exact) mass is 700 g/mol. The number of benzene rings is 3. The topological polar surface area (TPSA) is 155 Å². The third-order valence-electron chi connectivity index (χ3n) is 8.44. The van der Waals surface area contributed by atoms with E-state index in [-0.39, 0.29) is 36.0 Å². The summed E-state index contributed by atoms with van der Waals surface area (Å²) in [6.07, 6.45) is -0.296. The average Bonchev–Trinajstić information content (AvgIpc) is 3.10. The van der Waals surface area contributed by atoms with Gasteiger partial charge in [-0.2, -0.15) is 0 Å². The van der Waals surface area contributed by atoms with E-state index in [0.717, 1.165) is 5.56 Å². The minimum absolute atomic E-state index is 0.0303. The molecule has 3 aromatic rings. The van der Waals surface area contributed by atoms with Gasteiger partial charge in [0.25, 0.3) is 11.8 Å². The van der Waals surface area contributed by atoms with Gasteiger partial charge in [0.2, 0.25) is 5.91 Å². The number of piperazine rings is 1. The number of carbonyl (C=O) groups excluding carboxylic acids is 4. The van der Waals surface area contributed by atoms with Crippen LogP contribution in [0, 0.1) is 5.92 Å². The number of hydrogen-bond acceptors (Lipinski definition) is 7. The zero-order chi connectivity index (χ0) is 37.1. The third kappa shape index (κ3) is 11.3. The fraction of sp³-hybridized carbons (Fsp3) is 0.410. The second kappa shape index (κ2) is 17.5. The van der Waals surface area contributed by atoms with Crippen LogP contribution in [0.15, 0.2) is 78.9 Å². The molecule has 4 rings (SSSR count). The zero-order valence-electron chi connectivity index (χ0n) is 29.9. The number of rotatable bonds is 13. The van der Waals surface area contributed by atoms with E-state index in [1.165, 1.54) is 4.90 Å². The Balaban J connectivity index is 1.29. The fourth-order valence-corrected chi connectivity index (χ4v) is 5.72. The number of para-hydroxylation sites is 1. The van der Waals surface area contributed by atoms with Crippen molar-refractivity contribution in [3.8, 4) is 11.5 Å². The molecule has 1 fully saturated rings. The number of hydrogen-bond donors (Lipinski definition) is 3. The van der Waals surface area contributed by atoms with E-state index < -0.39 is 36.0 Å². The van der Waals surface area contributed by atoms with Crippen molar-refractivity contribution in [1.82, 2.24) is 20.4 Å². The summed E-state index contributed by atoms with van der Waals surface area (Å²) in [4.78, 5) is 67.2. The Kier molecular flexibility index (Phi) is 13.2. The summed E-state index contributed by atoms with van der Waals surface area (Å²) in [5.41, 5.74) is 1.93. The van der Waals surface area contributed by atoms with Gasteiger partial charge >= 0.3 is 12.1 Å². The van der Waals surface area contributed by atoms with Crippen LogP contribution in [0.4, 0.5) is 4.79 Å². The SMILES string of the molecule is CC(C)CC(NC(=O)COc1ccccc1C(C)(C)C)C(=O)NC(Cc1ccc(OC(=O)N2CCN(C(=O)c3ccccc3)CC2)cc1)C(=O)O. The predicted octanol–water partition coefficient (Wildman–Crippen LogP) is 4.66. The molecule has 0 spiro atoms. The van der Waals surface area contributed by atoms with Gasteiger partial charge in [-0.25, -0.2) is 9.59 Å². The lowest BCUT2D eigenvalue weighted by molar-refractivity contribution is -0.142. The van der Waals surface area contributed by atoms with Gasteiger partial charge in [0.1, 0.15) is 23.6 Å². The highest BCUT2D eigenvalue weighted by atomic mass is 16.6. The van der Waals surface area contributed by atoms with Gasteiger partial charge in [-0.15, -0.1) is 0 Å². The maximum Gasteiger partial charge on any atom is 0.415 e. The van der Waals surface area contributed by atoms with Crippen molar-refractivity contribution in [1.29, 1.82) is 0 Å². The van der Waals surface area contributed by atoms with Crippen LogP contribution in [0.25, 0.3) is 0 Å². The molecule has 4 amide bonds. The number of amides is 4. The molecule has 2 unspecified atom stereocenters. The molecule has 272 valence electrons. The molecular formula is C39H48N4O8. The van der Waals surface area contributed by atoms with Crippen molar-refractivity contribution < 1.29 is 38.6 Å². The van der Waals surface area contributed by atoms with Crippen LogP contribution in [-0.4, -0.2) is 89.6 Å². The number of carbonyl (C=O) groups is 5. The highest BCUT2D eigenvalue weighted by Gasteiger charge is 2.29. The third-order valence-corrected chi connectivity index (χ3v) is 8.44. The van der Waals surface area contributed by atoms with Crippen LogP contribution in [0.2, 0.25) is 0 Å². The highest BCUT2D eigenvalue weighted by Crippen LogP contribution is 2.31. The Hall–Kier alpha value is -5.39. The molecule has 0 saturated carbocycles. The highest BCUT2D eigenvalue weighted by molar-refractivity contribution is 5.94. The molecule has 1 heterocycles. The Bertz CT molecular complexity index is 1660. The van der Waals surface area contributed by atoms with E-state index in [1.807, 2.05) is 71.0 Å². The minimum Gasteiger partial charge on any atom is -0.483 e. The summed E-state index contributed by atoms with van der Waals surface area (Å²) >= 11 is 0. The summed E-state index contributed by atoms with van der Waals surface area (Å²) in [5, 5.41) is 15.2. The first-order valence-corrected chi connectivity index (χ1v) is 17.2. The summed E-state index contributed by atoms with van der Waals surface area (Å²) in [6, 6.07) is 20.6. The van der Waals surface area contributed by atoms with Crippen molar-refractivity contribution in [2.24, 2.45) is 5.92 Å². The Morgan fingerprint density at radius 2 is 1.39 bits per heavy atom. The standard InChI is InChI=1S/C39H48N4O8/c1-26(2)23-31(40-34(44)25-50-33-14-10-9-13-30(33)39(3,4)5)35(45)41-32(37(47)48)24-27-15-17-29(18-16-27)51-38(49)43-21-19-42(20-22-43)36(46)28-11-7-6-8-12-28/h6-18,26,31-32H,19-25H2,1-5H3,(H,40,44)(H,41,45)(H,47,48). The number of nitrogens with zero attached hydrogens (tertiary/aromatic N) is 2. The van der Waals surface area contributed by atoms with Crippen LogP contribution in [0.1, 0.15) is 62.5 Å². The van der Waals surface area contributed by atoms with Crippen LogP contribution < -0.4 is 20.1 Å². The van der Waals surface area contributed by atoms with Gasteiger partial charge < -0.3 is 35.0 Å². The number of ether oxygens (including phenoxy) is 2. The molecule has 0 aromatic heterocycles. The number of carboxylic acids is 1. The molecule has 51 heavy (non-hydrogen) atoms. The molecule has 1 saturated heterocycles. The molecule has 1 aliphatic heterocycles. The van der Waals surface area contributed by atoms with Gasteiger partial charge in [0.05, 0.1) is 0 Å². The summed E-state index contributed by atoms with van der Waals surface area (Å²) in [5.74, 6) is -1.56. The molecule has 3 N–H and O–H groups in total. The quantitative estimate of drug-likeness (QED) is 0.233. The van der Waals surface area contributed by atoms with Crippen molar-refractivity contribution in [2.45, 2.75) is 65.0 Å². The lowest BCUT2D eigenvalue weighted by Gasteiger charge is -2.34. The van der Waals surface area contributed by atoms with Gasteiger partial charge in [-0.1, -0.05) is 83.1 Å². The van der Waals surface area contributed by atoms with E-state index >= 15 is 0 Å². The van der Waals surface area contributed by atoms with E-state index in [9.17, 15) is 29.1 Å². The van der Waals surface area contributed by atoms with E-state index in [1.54, 1.807) is 47.4 Å². The van der Waals surface area contributed by atoms with Gasteiger partial charge in [-0.3, -0.25) is 14.4 Å². The molecule has 3 aromatic carbocycles. The first-order valence-electron chi connectivity index (χ1n) is 17.2. The molecule has 0 bridgehead atoms. The Morgan fingerprint density at radius 1 is 0.784 bits per heavy atom. The van der Waals surface area contributed by atoms with Crippen LogP contribution in [0.5, 0.6) is 11.5 Å². The summed E-state index contributed by atoms with van der Waals surface area (Å²) in [6.45, 7) is 11.0. The van der Waals surface area contributed by atoms with Crippen LogP contribution in [-0.2, 0) is 26.2 Å². The smallest absolute Gasteiger partial charge is 0.415 e. The van der Waals surface area contributed by atoms with E-state index in [0.29, 0.717) is 49.5 Å². The maximum absolute atomic E-state index is 13.3. The van der Waals surface area contributed by atoms with E-state index in [2.05, 4.69) is 10.6 Å². The predicted molar refractivity (Wildman–Crippen MR) is 192 cm³/mol. The van der Waals surface area contributed by atoms with Crippen molar-refractivity contribution in [3.63, 3.8) is 0 Å². The second-order valence-corrected chi connectivity index (χ2v) is 14.0. The fourth-order valence-electron chi connectivity index (χ4n) is 5.72. The normalized spacial score (nSPS) is 14.3. The average molecular weight is 701 g/mol. The summed E-state index contributed by atoms with van der Waals surface area (Å²) < 4.78 is 11.3. The lowest BCUT2D eigenvalue weighted by atomic mass is 9.86. The molecule has 12 nitrogen and oxygen atoms in total. The number of aliphatic carboxylic acids is 1. The lowest BCUT2D eigenvalue weighted by Crippen LogP contribution is -2.53. The first-order chi connectivity index (χ1) is 24.2. The Labute approximate surface area is 299 Å². The number of carboxylic acid groups (broad SMARTS) is 1. The van der Waals surface area contributed by atoms with Crippen molar-refractivity contribution >= 4 is 29.8 Å². The first kappa shape index (κ1) is 38.4. The van der Waals surface area contributed by atoms with Crippen LogP contribution in [0.3, 0.4) is 0 Å². The van der Waals surface area contributed by atoms with Gasteiger partial charge in [0.15, 0.2) is 6.61 Å². The van der Waals surface area contributed by atoms with Crippen LogP contribution >= 0.6 is 0 Å². The van der Waals surface area contributed by atoms with Gasteiger partial charge in [-0.05, 0) is 59.2 Å². The van der Waals surface area contributed by atoms with E-state index in [4.69, 9.17) is 9.47 Å². The number of nitrogens with one attached hydrogen (secondary N) is 2. The molecular weight excluding hydrogens is 652 g/mol. The molecule has 0 radical (unpaired) electrons. The van der Waals surface area contributed by atoms with Crippen molar-refractivity contribution in [3.05, 3.63) is 95.6 Å². The molecule has 1 aliphatic rings. The van der Waals surface area contributed by atoms with Gasteiger partial charge in [0, 0.05) is 38.2 Å². The largest absolute Gasteiger partial charge is 0.483 e. The second-order valence-electron chi connectivity index (χ2n) is 14.0. The molecule has 0 aliphatic carbocycles. The minimum atomic E-state index is -1.28. The molecule has 2 atom stereocenters. The zero-order valence-corrected chi connectivity index (χ0v) is 29.9.